The molecule has 1 atom stereocenters. The van der Waals surface area contributed by atoms with Crippen molar-refractivity contribution in [3.05, 3.63) is 41.3 Å². The van der Waals surface area contributed by atoms with Crippen LogP contribution in [0, 0.1) is 0 Å². The largest absolute Gasteiger partial charge is 0.353 e. The van der Waals surface area contributed by atoms with E-state index in [-0.39, 0.29) is 29.3 Å². The summed E-state index contributed by atoms with van der Waals surface area (Å²) >= 11 is 7.47. The topological polar surface area (TPSA) is 103 Å². The number of amides is 3. The summed E-state index contributed by atoms with van der Waals surface area (Å²) in [6, 6.07) is 7.21. The van der Waals surface area contributed by atoms with E-state index in [1.165, 1.54) is 11.8 Å². The van der Waals surface area contributed by atoms with Crippen molar-refractivity contribution < 1.29 is 9.59 Å². The van der Waals surface area contributed by atoms with Crippen LogP contribution in [0.4, 0.5) is 10.6 Å². The van der Waals surface area contributed by atoms with E-state index in [9.17, 15) is 9.59 Å². The number of hydrogen-bond acceptors (Lipinski definition) is 7. The summed E-state index contributed by atoms with van der Waals surface area (Å²) < 4.78 is 0. The predicted molar refractivity (Wildman–Crippen MR) is 131 cm³/mol. The molecule has 0 aromatic carbocycles. The standard InChI is InChI=1S/C22H30ClN7O2S/c1-15-13-29(9-10-30(15)21(32)28-22(2,3)4)18-11-17(23)26-20(27-18)33-14-19(31)25-12-16-7-5-6-8-24-16/h5-8,11,15H,9-10,12-14H2,1-4H3,(H,25,31)(H,28,32). The van der Waals surface area contributed by atoms with Gasteiger partial charge in [-0.25, -0.2) is 14.8 Å². The molecule has 11 heteroatoms. The predicted octanol–water partition coefficient (Wildman–Crippen LogP) is 2.95. The number of piperazine rings is 1. The number of rotatable bonds is 6. The van der Waals surface area contributed by atoms with Crippen LogP contribution in [0.1, 0.15) is 33.4 Å². The molecule has 0 radical (unpaired) electrons. The quantitative estimate of drug-likeness (QED) is 0.363. The third-order valence-corrected chi connectivity index (χ3v) is 5.92. The first-order valence-electron chi connectivity index (χ1n) is 10.8. The first kappa shape index (κ1) is 25.0. The SMILES string of the molecule is CC1CN(c2cc(Cl)nc(SCC(=O)NCc3ccccn3)n2)CCN1C(=O)NC(C)(C)C. The molecule has 3 amide bonds. The fraction of sp³-hybridized carbons (Fsp3) is 0.500. The van der Waals surface area contributed by atoms with Crippen LogP contribution < -0.4 is 15.5 Å². The van der Waals surface area contributed by atoms with E-state index in [0.717, 1.165) is 5.69 Å². The van der Waals surface area contributed by atoms with E-state index in [1.807, 2.05) is 50.8 Å². The van der Waals surface area contributed by atoms with Crippen molar-refractivity contribution in [2.45, 2.75) is 51.0 Å². The van der Waals surface area contributed by atoms with E-state index < -0.39 is 0 Å². The first-order valence-corrected chi connectivity index (χ1v) is 12.1. The van der Waals surface area contributed by atoms with Gasteiger partial charge in [-0.05, 0) is 39.8 Å². The summed E-state index contributed by atoms with van der Waals surface area (Å²) in [5.41, 5.74) is 0.506. The molecule has 0 aliphatic carbocycles. The molecule has 3 heterocycles. The molecular formula is C22H30ClN7O2S. The van der Waals surface area contributed by atoms with Gasteiger partial charge < -0.3 is 20.4 Å². The number of nitrogens with one attached hydrogen (secondary N) is 2. The highest BCUT2D eigenvalue weighted by molar-refractivity contribution is 7.99. The number of pyridine rings is 1. The third-order valence-electron chi connectivity index (χ3n) is 4.88. The van der Waals surface area contributed by atoms with Crippen LogP contribution in [0.25, 0.3) is 0 Å². The van der Waals surface area contributed by atoms with Gasteiger partial charge in [0.15, 0.2) is 5.16 Å². The van der Waals surface area contributed by atoms with Crippen LogP contribution in [0.15, 0.2) is 35.6 Å². The van der Waals surface area contributed by atoms with Gasteiger partial charge in [0.2, 0.25) is 5.91 Å². The van der Waals surface area contributed by atoms with Gasteiger partial charge in [0, 0.05) is 43.5 Å². The average molecular weight is 492 g/mol. The second-order valence-electron chi connectivity index (χ2n) is 8.89. The second-order valence-corrected chi connectivity index (χ2v) is 10.2. The highest BCUT2D eigenvalue weighted by Gasteiger charge is 2.30. The van der Waals surface area contributed by atoms with Gasteiger partial charge in [-0.2, -0.15) is 0 Å². The van der Waals surface area contributed by atoms with Crippen LogP contribution in [0.2, 0.25) is 5.15 Å². The van der Waals surface area contributed by atoms with Crippen LogP contribution in [-0.4, -0.2) is 68.8 Å². The lowest BCUT2D eigenvalue weighted by Crippen LogP contribution is -2.59. The molecule has 0 spiro atoms. The van der Waals surface area contributed by atoms with Gasteiger partial charge >= 0.3 is 6.03 Å². The van der Waals surface area contributed by atoms with Gasteiger partial charge in [0.05, 0.1) is 18.0 Å². The lowest BCUT2D eigenvalue weighted by atomic mass is 10.1. The Morgan fingerprint density at radius 3 is 2.70 bits per heavy atom. The lowest BCUT2D eigenvalue weighted by molar-refractivity contribution is -0.118. The maximum atomic E-state index is 12.6. The Morgan fingerprint density at radius 1 is 1.24 bits per heavy atom. The van der Waals surface area contributed by atoms with Gasteiger partial charge in [0.25, 0.3) is 0 Å². The summed E-state index contributed by atoms with van der Waals surface area (Å²) in [5.74, 6) is 0.723. The average Bonchev–Trinajstić information content (AvgIpc) is 2.75. The van der Waals surface area contributed by atoms with Crippen LogP contribution in [-0.2, 0) is 11.3 Å². The molecule has 0 bridgehead atoms. The van der Waals surface area contributed by atoms with Crippen molar-refractivity contribution in [3.8, 4) is 0 Å². The zero-order valence-electron chi connectivity index (χ0n) is 19.3. The molecule has 2 aromatic rings. The van der Waals surface area contributed by atoms with Crippen molar-refractivity contribution in [2.75, 3.05) is 30.3 Å². The summed E-state index contributed by atoms with van der Waals surface area (Å²) in [6.07, 6.45) is 1.69. The lowest BCUT2D eigenvalue weighted by Gasteiger charge is -2.41. The molecule has 1 saturated heterocycles. The minimum absolute atomic E-state index is 0.00307. The van der Waals surface area contributed by atoms with Gasteiger partial charge in [-0.1, -0.05) is 29.4 Å². The molecule has 0 saturated carbocycles. The number of nitrogens with zero attached hydrogens (tertiary/aromatic N) is 5. The van der Waals surface area contributed by atoms with Crippen molar-refractivity contribution in [1.82, 2.24) is 30.5 Å². The molecule has 3 rings (SSSR count). The summed E-state index contributed by atoms with van der Waals surface area (Å²) in [4.78, 5) is 41.7. The third kappa shape index (κ3) is 7.75. The number of hydrogen-bond donors (Lipinski definition) is 2. The second kappa shape index (κ2) is 11.0. The molecule has 178 valence electrons. The van der Waals surface area contributed by atoms with Gasteiger partial charge in [-0.3, -0.25) is 9.78 Å². The number of anilines is 1. The number of halogens is 1. The maximum Gasteiger partial charge on any atom is 0.318 e. The summed E-state index contributed by atoms with van der Waals surface area (Å²) in [6.45, 7) is 10.1. The Morgan fingerprint density at radius 2 is 2.03 bits per heavy atom. The number of aromatic nitrogens is 3. The van der Waals surface area contributed by atoms with Gasteiger partial charge in [0.1, 0.15) is 11.0 Å². The highest BCUT2D eigenvalue weighted by atomic mass is 35.5. The smallest absolute Gasteiger partial charge is 0.318 e. The fourth-order valence-corrected chi connectivity index (χ4v) is 4.26. The van der Waals surface area contributed by atoms with Gasteiger partial charge in [-0.15, -0.1) is 0 Å². The highest BCUT2D eigenvalue weighted by Crippen LogP contribution is 2.24. The molecule has 1 aliphatic rings. The minimum atomic E-state index is -0.288. The molecule has 9 nitrogen and oxygen atoms in total. The van der Waals surface area contributed by atoms with E-state index in [2.05, 4.69) is 30.5 Å². The monoisotopic (exact) mass is 491 g/mol. The Hall–Kier alpha value is -2.59. The Labute approximate surface area is 203 Å². The number of carbonyl (C=O) groups is 2. The zero-order chi connectivity index (χ0) is 24.0. The molecule has 1 unspecified atom stereocenters. The van der Waals surface area contributed by atoms with E-state index in [1.54, 1.807) is 12.3 Å². The summed E-state index contributed by atoms with van der Waals surface area (Å²) in [7, 11) is 0. The molecule has 33 heavy (non-hydrogen) atoms. The Kier molecular flexibility index (Phi) is 8.36. The number of carbonyl (C=O) groups excluding carboxylic acids is 2. The van der Waals surface area contributed by atoms with Crippen molar-refractivity contribution in [3.63, 3.8) is 0 Å². The molecule has 2 aromatic heterocycles. The fourth-order valence-electron chi connectivity index (χ4n) is 3.34. The Bertz CT molecular complexity index is 971. The molecular weight excluding hydrogens is 462 g/mol. The first-order chi connectivity index (χ1) is 15.6. The normalized spacial score (nSPS) is 16.5. The maximum absolute atomic E-state index is 12.6. The van der Waals surface area contributed by atoms with Crippen molar-refractivity contribution in [2.24, 2.45) is 0 Å². The van der Waals surface area contributed by atoms with Crippen molar-refractivity contribution in [1.29, 1.82) is 0 Å². The van der Waals surface area contributed by atoms with Crippen molar-refractivity contribution >= 4 is 41.1 Å². The van der Waals surface area contributed by atoms with E-state index in [0.29, 0.717) is 42.3 Å². The van der Waals surface area contributed by atoms with E-state index in [4.69, 9.17) is 11.6 Å². The van der Waals surface area contributed by atoms with Crippen LogP contribution >= 0.6 is 23.4 Å². The number of thioether (sulfide) groups is 1. The molecule has 2 N–H and O–H groups in total. The minimum Gasteiger partial charge on any atom is -0.353 e. The summed E-state index contributed by atoms with van der Waals surface area (Å²) in [5, 5.41) is 6.60. The molecule has 1 fully saturated rings. The van der Waals surface area contributed by atoms with E-state index >= 15 is 0 Å². The van der Waals surface area contributed by atoms with Crippen LogP contribution in [0.5, 0.6) is 0 Å². The zero-order valence-corrected chi connectivity index (χ0v) is 20.9. The van der Waals surface area contributed by atoms with Crippen LogP contribution in [0.3, 0.4) is 0 Å². The number of urea groups is 1. The Balaban J connectivity index is 1.55. The molecule has 1 aliphatic heterocycles.